The van der Waals surface area contributed by atoms with Crippen molar-refractivity contribution >= 4 is 11.5 Å². The predicted molar refractivity (Wildman–Crippen MR) is 94.5 cm³/mol. The van der Waals surface area contributed by atoms with E-state index in [0.717, 1.165) is 22.7 Å². The summed E-state index contributed by atoms with van der Waals surface area (Å²) in [7, 11) is 3.21. The quantitative estimate of drug-likeness (QED) is 0.787. The smallest absolute Gasteiger partial charge is 0.183 e. The average Bonchev–Trinajstić information content (AvgIpc) is 3.37. The zero-order chi connectivity index (χ0) is 17.3. The molecular formula is C19H24N2O3. The molecule has 0 bridgehead atoms. The monoisotopic (exact) mass is 328 g/mol. The van der Waals surface area contributed by atoms with Crippen LogP contribution in [0.15, 0.2) is 24.3 Å². The minimum atomic E-state index is 0.0906. The third-order valence-electron chi connectivity index (χ3n) is 4.54. The van der Waals surface area contributed by atoms with E-state index >= 15 is 0 Å². The number of carbonyl (C=O) groups is 1. The topological polar surface area (TPSA) is 52.5 Å². The fraction of sp³-hybridized carbons (Fsp3) is 0.421. The number of Topliss-reactive ketones (excluding diaryl/α,β-unsaturated/α-hetero) is 1. The number of nitrogens with one attached hydrogen (secondary N) is 1. The highest BCUT2D eigenvalue weighted by Crippen LogP contribution is 2.38. The molecule has 5 heteroatoms. The lowest BCUT2D eigenvalue weighted by molar-refractivity contribution is 0.101. The largest absolute Gasteiger partial charge is 0.497 e. The summed E-state index contributed by atoms with van der Waals surface area (Å²) in [5.41, 5.74) is 3.82. The molecule has 1 N–H and O–H groups in total. The molecule has 1 aromatic heterocycles. The van der Waals surface area contributed by atoms with Gasteiger partial charge < -0.3 is 19.4 Å². The van der Waals surface area contributed by atoms with Crippen LogP contribution in [0.1, 0.15) is 40.6 Å². The molecule has 0 amide bonds. The third kappa shape index (κ3) is 3.11. The number of carbonyl (C=O) groups excluding carboxylic acids is 1. The van der Waals surface area contributed by atoms with Crippen LogP contribution in [0, 0.1) is 13.8 Å². The van der Waals surface area contributed by atoms with E-state index in [9.17, 15) is 4.79 Å². The van der Waals surface area contributed by atoms with E-state index in [4.69, 9.17) is 9.47 Å². The molecule has 0 radical (unpaired) electrons. The molecular weight excluding hydrogens is 304 g/mol. The SMILES string of the molecule is COc1ccc(NCC(=O)c2cc(C)n(C3CC3)c2C)c(OC)c1. The second kappa shape index (κ2) is 6.59. The Kier molecular flexibility index (Phi) is 4.51. The van der Waals surface area contributed by atoms with Crippen molar-refractivity contribution in [1.82, 2.24) is 4.57 Å². The highest BCUT2D eigenvalue weighted by molar-refractivity contribution is 6.00. The minimum absolute atomic E-state index is 0.0906. The van der Waals surface area contributed by atoms with E-state index in [-0.39, 0.29) is 12.3 Å². The van der Waals surface area contributed by atoms with Crippen molar-refractivity contribution < 1.29 is 14.3 Å². The van der Waals surface area contributed by atoms with Crippen molar-refractivity contribution in [1.29, 1.82) is 0 Å². The van der Waals surface area contributed by atoms with Crippen molar-refractivity contribution in [3.63, 3.8) is 0 Å². The lowest BCUT2D eigenvalue weighted by Gasteiger charge is -2.12. The number of nitrogens with zero attached hydrogens (tertiary/aromatic N) is 1. The van der Waals surface area contributed by atoms with E-state index in [1.54, 1.807) is 20.3 Å². The van der Waals surface area contributed by atoms with Gasteiger partial charge in [0.05, 0.1) is 26.5 Å². The Morgan fingerprint density at radius 3 is 2.58 bits per heavy atom. The first-order valence-corrected chi connectivity index (χ1v) is 8.22. The zero-order valence-electron chi connectivity index (χ0n) is 14.7. The second-order valence-corrected chi connectivity index (χ2v) is 6.23. The molecule has 1 aliphatic rings. The maximum Gasteiger partial charge on any atom is 0.183 e. The van der Waals surface area contributed by atoms with Crippen LogP contribution in [0.4, 0.5) is 5.69 Å². The second-order valence-electron chi connectivity index (χ2n) is 6.23. The standard InChI is InChI=1S/C19H24N2O3/c1-12-9-16(13(2)21(12)14-5-6-14)18(22)11-20-17-8-7-15(23-3)10-19(17)24-4/h7-10,14,20H,5-6,11H2,1-4H3. The van der Waals surface area contributed by atoms with E-state index in [1.165, 1.54) is 18.5 Å². The van der Waals surface area contributed by atoms with Gasteiger partial charge in [-0.25, -0.2) is 0 Å². The van der Waals surface area contributed by atoms with E-state index < -0.39 is 0 Å². The molecule has 1 fully saturated rings. The highest BCUT2D eigenvalue weighted by atomic mass is 16.5. The number of hydrogen-bond acceptors (Lipinski definition) is 4. The summed E-state index contributed by atoms with van der Waals surface area (Å²) >= 11 is 0. The Bertz CT molecular complexity index is 760. The highest BCUT2D eigenvalue weighted by Gasteiger charge is 2.28. The normalized spacial score (nSPS) is 13.7. The van der Waals surface area contributed by atoms with Gasteiger partial charge in [-0.2, -0.15) is 0 Å². The predicted octanol–water partition coefficient (Wildman–Crippen LogP) is 3.75. The third-order valence-corrected chi connectivity index (χ3v) is 4.54. The summed E-state index contributed by atoms with van der Waals surface area (Å²) in [6.45, 7) is 4.34. The van der Waals surface area contributed by atoms with Gasteiger partial charge in [0.1, 0.15) is 11.5 Å². The van der Waals surface area contributed by atoms with Crippen LogP contribution in [0.2, 0.25) is 0 Å². The number of aromatic nitrogens is 1. The summed E-state index contributed by atoms with van der Waals surface area (Å²) in [6, 6.07) is 8.09. The molecule has 3 rings (SSSR count). The van der Waals surface area contributed by atoms with Crippen LogP contribution in [-0.4, -0.2) is 31.1 Å². The van der Waals surface area contributed by atoms with E-state index in [1.807, 2.05) is 25.1 Å². The summed E-state index contributed by atoms with van der Waals surface area (Å²) in [5, 5.41) is 3.18. The molecule has 1 saturated carbocycles. The maximum atomic E-state index is 12.6. The number of methoxy groups -OCH3 is 2. The van der Waals surface area contributed by atoms with Gasteiger partial charge in [0.25, 0.3) is 0 Å². The van der Waals surface area contributed by atoms with Crippen molar-refractivity contribution in [2.45, 2.75) is 32.7 Å². The van der Waals surface area contributed by atoms with Crippen molar-refractivity contribution in [3.05, 3.63) is 41.2 Å². The Morgan fingerprint density at radius 2 is 1.96 bits per heavy atom. The minimum Gasteiger partial charge on any atom is -0.497 e. The van der Waals surface area contributed by atoms with Crippen LogP contribution >= 0.6 is 0 Å². The Balaban J connectivity index is 1.73. The summed E-state index contributed by atoms with van der Waals surface area (Å²) < 4.78 is 12.8. The Hall–Kier alpha value is -2.43. The molecule has 1 heterocycles. The zero-order valence-corrected chi connectivity index (χ0v) is 14.7. The molecule has 0 atom stereocenters. The lowest BCUT2D eigenvalue weighted by atomic mass is 10.1. The van der Waals surface area contributed by atoms with Crippen molar-refractivity contribution in [2.24, 2.45) is 0 Å². The number of aryl methyl sites for hydroxylation is 1. The maximum absolute atomic E-state index is 12.6. The number of benzene rings is 1. The first-order valence-electron chi connectivity index (χ1n) is 8.22. The van der Waals surface area contributed by atoms with Crippen LogP contribution in [0.5, 0.6) is 11.5 Å². The molecule has 1 aromatic carbocycles. The van der Waals surface area contributed by atoms with Crippen LogP contribution < -0.4 is 14.8 Å². The van der Waals surface area contributed by atoms with Gasteiger partial charge in [-0.3, -0.25) is 4.79 Å². The number of hydrogen-bond donors (Lipinski definition) is 1. The lowest BCUT2D eigenvalue weighted by Crippen LogP contribution is -2.15. The number of ketones is 1. The van der Waals surface area contributed by atoms with Gasteiger partial charge in [-0.05, 0) is 44.9 Å². The fourth-order valence-electron chi connectivity index (χ4n) is 3.17. The van der Waals surface area contributed by atoms with Gasteiger partial charge in [0, 0.05) is 29.1 Å². The molecule has 0 spiro atoms. The number of rotatable bonds is 7. The van der Waals surface area contributed by atoms with Gasteiger partial charge in [0.15, 0.2) is 5.78 Å². The molecule has 24 heavy (non-hydrogen) atoms. The van der Waals surface area contributed by atoms with Crippen LogP contribution in [0.3, 0.4) is 0 Å². The Labute approximate surface area is 142 Å². The van der Waals surface area contributed by atoms with Crippen molar-refractivity contribution in [2.75, 3.05) is 26.1 Å². The average molecular weight is 328 g/mol. The van der Waals surface area contributed by atoms with Crippen LogP contribution in [-0.2, 0) is 0 Å². The molecule has 128 valence electrons. The molecule has 0 aliphatic heterocycles. The first-order chi connectivity index (χ1) is 11.5. The Morgan fingerprint density at radius 1 is 1.21 bits per heavy atom. The molecule has 0 unspecified atom stereocenters. The van der Waals surface area contributed by atoms with Crippen LogP contribution in [0.25, 0.3) is 0 Å². The first kappa shape index (κ1) is 16.4. The fourth-order valence-corrected chi connectivity index (χ4v) is 3.17. The molecule has 1 aliphatic carbocycles. The van der Waals surface area contributed by atoms with Gasteiger partial charge in [0.2, 0.25) is 0 Å². The molecule has 2 aromatic rings. The molecule has 0 saturated heterocycles. The summed E-state index contributed by atoms with van der Waals surface area (Å²) in [4.78, 5) is 12.6. The van der Waals surface area contributed by atoms with Gasteiger partial charge in [-0.1, -0.05) is 0 Å². The summed E-state index contributed by atoms with van der Waals surface area (Å²) in [6.07, 6.45) is 2.43. The number of anilines is 1. The number of ether oxygens (including phenoxy) is 2. The van der Waals surface area contributed by atoms with Gasteiger partial charge in [-0.15, -0.1) is 0 Å². The summed E-state index contributed by atoms with van der Waals surface area (Å²) in [5.74, 6) is 1.47. The van der Waals surface area contributed by atoms with Gasteiger partial charge >= 0.3 is 0 Å². The van der Waals surface area contributed by atoms with E-state index in [0.29, 0.717) is 11.8 Å². The van der Waals surface area contributed by atoms with E-state index in [2.05, 4.69) is 16.8 Å². The molecule has 5 nitrogen and oxygen atoms in total. The van der Waals surface area contributed by atoms with Crippen molar-refractivity contribution in [3.8, 4) is 11.5 Å².